The smallest absolute Gasteiger partial charge is 0.271 e. The Bertz CT molecular complexity index is 897. The third kappa shape index (κ3) is 3.24. The number of piperidine rings is 1. The highest BCUT2D eigenvalue weighted by molar-refractivity contribution is 6.39. The number of hydrogen-bond donors (Lipinski definition) is 2. The van der Waals surface area contributed by atoms with E-state index in [0.29, 0.717) is 34.7 Å². The molecule has 1 aromatic carbocycles. The molecule has 0 unspecified atom stereocenters. The third-order valence-corrected chi connectivity index (χ3v) is 5.40. The summed E-state index contributed by atoms with van der Waals surface area (Å²) in [5.41, 5.74) is 2.23. The summed E-state index contributed by atoms with van der Waals surface area (Å²) in [7, 11) is 0. The number of amides is 1. The number of likely N-dealkylation sites (tertiary alicyclic amines) is 1. The fraction of sp³-hybridized carbons (Fsp3) is 0.353. The number of aromatic nitrogens is 4. The number of aromatic amines is 2. The molecule has 2 aromatic heterocycles. The molecule has 1 aliphatic rings. The van der Waals surface area contributed by atoms with Gasteiger partial charge in [-0.2, -0.15) is 15.4 Å². The average molecular weight is 378 g/mol. The number of H-pyrrole nitrogens is 2. The summed E-state index contributed by atoms with van der Waals surface area (Å²) < 4.78 is 0. The minimum Gasteiger partial charge on any atom is -0.349 e. The van der Waals surface area contributed by atoms with Gasteiger partial charge in [-0.05, 0) is 43.4 Å². The topological polar surface area (TPSA) is 77.7 Å². The van der Waals surface area contributed by atoms with E-state index in [1.54, 1.807) is 18.3 Å². The van der Waals surface area contributed by atoms with Crippen LogP contribution in [0.5, 0.6) is 0 Å². The summed E-state index contributed by atoms with van der Waals surface area (Å²) in [5.74, 6) is 0.461. The highest BCUT2D eigenvalue weighted by atomic mass is 35.5. The molecule has 2 N–H and O–H groups in total. The van der Waals surface area contributed by atoms with Crippen LogP contribution in [-0.2, 0) is 6.42 Å². The molecule has 4 rings (SSSR count). The Balaban J connectivity index is 1.46. The number of benzene rings is 1. The lowest BCUT2D eigenvalue weighted by Crippen LogP contribution is -2.39. The molecular formula is C17H17Cl2N5O. The van der Waals surface area contributed by atoms with Gasteiger partial charge in [-0.25, -0.2) is 0 Å². The van der Waals surface area contributed by atoms with Crippen molar-refractivity contribution in [2.24, 2.45) is 5.92 Å². The first-order valence-corrected chi connectivity index (χ1v) is 8.98. The van der Waals surface area contributed by atoms with Gasteiger partial charge in [0, 0.05) is 29.0 Å². The molecule has 0 saturated carbocycles. The maximum absolute atomic E-state index is 12.8. The largest absolute Gasteiger partial charge is 0.349 e. The summed E-state index contributed by atoms with van der Waals surface area (Å²) in [5, 5.41) is 12.4. The Labute approximate surface area is 154 Å². The van der Waals surface area contributed by atoms with Crippen LogP contribution in [-0.4, -0.2) is 44.3 Å². The molecule has 6 nitrogen and oxygen atoms in total. The monoisotopic (exact) mass is 377 g/mol. The van der Waals surface area contributed by atoms with E-state index in [-0.39, 0.29) is 5.91 Å². The lowest BCUT2D eigenvalue weighted by Gasteiger charge is -2.31. The normalized spacial score (nSPS) is 15.8. The molecule has 1 amide bonds. The van der Waals surface area contributed by atoms with Gasteiger partial charge in [-0.1, -0.05) is 23.2 Å². The van der Waals surface area contributed by atoms with Crippen molar-refractivity contribution >= 4 is 40.0 Å². The zero-order chi connectivity index (χ0) is 17.4. The molecule has 0 bridgehead atoms. The summed E-state index contributed by atoms with van der Waals surface area (Å²) in [6, 6.07) is 5.39. The number of nitrogens with one attached hydrogen (secondary N) is 2. The quantitative estimate of drug-likeness (QED) is 0.730. The van der Waals surface area contributed by atoms with Crippen LogP contribution in [0.25, 0.3) is 10.9 Å². The highest BCUT2D eigenvalue weighted by Gasteiger charge is 2.27. The predicted molar refractivity (Wildman–Crippen MR) is 97.0 cm³/mol. The van der Waals surface area contributed by atoms with Crippen LogP contribution in [0.4, 0.5) is 0 Å². The minimum absolute atomic E-state index is 0.0581. The zero-order valence-electron chi connectivity index (χ0n) is 13.4. The van der Waals surface area contributed by atoms with Gasteiger partial charge in [0.15, 0.2) is 0 Å². The highest BCUT2D eigenvalue weighted by Crippen LogP contribution is 2.31. The minimum atomic E-state index is -0.0581. The van der Waals surface area contributed by atoms with Crippen LogP contribution in [0.15, 0.2) is 24.4 Å². The predicted octanol–water partition coefficient (Wildman–Crippen LogP) is 3.69. The number of carbonyl (C=O) groups is 1. The standard InChI is InChI=1S/C17H17Cl2N5O/c18-11-1-2-14-13(8-11)15(19)16(21-14)17(25)24-5-3-10(4-6-24)7-12-9-20-23-22-12/h1-2,8-10,21H,3-7H2,(H,20,22,23). The van der Waals surface area contributed by atoms with E-state index in [0.717, 1.165) is 35.9 Å². The molecule has 130 valence electrons. The molecule has 3 heterocycles. The van der Waals surface area contributed by atoms with E-state index in [9.17, 15) is 4.79 Å². The Kier molecular flexibility index (Phi) is 4.39. The van der Waals surface area contributed by atoms with Crippen molar-refractivity contribution in [1.29, 1.82) is 0 Å². The van der Waals surface area contributed by atoms with Crippen molar-refractivity contribution in [1.82, 2.24) is 25.3 Å². The fourth-order valence-electron chi connectivity index (χ4n) is 3.40. The first-order chi connectivity index (χ1) is 12.1. The second-order valence-corrected chi connectivity index (χ2v) is 7.22. The van der Waals surface area contributed by atoms with Crippen molar-refractivity contribution in [2.45, 2.75) is 19.3 Å². The second kappa shape index (κ2) is 6.69. The average Bonchev–Trinajstić information content (AvgIpc) is 3.23. The maximum atomic E-state index is 12.8. The fourth-order valence-corrected chi connectivity index (χ4v) is 3.85. The lowest BCUT2D eigenvalue weighted by molar-refractivity contribution is 0.0685. The molecule has 1 fully saturated rings. The van der Waals surface area contributed by atoms with E-state index in [1.165, 1.54) is 0 Å². The summed E-state index contributed by atoms with van der Waals surface area (Å²) in [4.78, 5) is 17.8. The third-order valence-electron chi connectivity index (χ3n) is 4.78. The molecule has 1 aliphatic heterocycles. The van der Waals surface area contributed by atoms with Crippen LogP contribution in [0.2, 0.25) is 10.0 Å². The molecule has 1 saturated heterocycles. The van der Waals surface area contributed by atoms with E-state index < -0.39 is 0 Å². The number of halogens is 2. The number of nitrogens with zero attached hydrogens (tertiary/aromatic N) is 3. The van der Waals surface area contributed by atoms with E-state index >= 15 is 0 Å². The van der Waals surface area contributed by atoms with Crippen LogP contribution >= 0.6 is 23.2 Å². The zero-order valence-corrected chi connectivity index (χ0v) is 14.9. The van der Waals surface area contributed by atoms with Crippen LogP contribution in [0.3, 0.4) is 0 Å². The maximum Gasteiger partial charge on any atom is 0.271 e. The Hall–Kier alpha value is -2.05. The van der Waals surface area contributed by atoms with Gasteiger partial charge >= 0.3 is 0 Å². The molecule has 0 radical (unpaired) electrons. The van der Waals surface area contributed by atoms with Gasteiger partial charge in [0.2, 0.25) is 0 Å². The molecule has 0 atom stereocenters. The van der Waals surface area contributed by atoms with Gasteiger partial charge in [-0.15, -0.1) is 0 Å². The van der Waals surface area contributed by atoms with Crippen molar-refractivity contribution < 1.29 is 4.79 Å². The first kappa shape index (κ1) is 16.4. The number of hydrogen-bond acceptors (Lipinski definition) is 3. The van der Waals surface area contributed by atoms with E-state index in [4.69, 9.17) is 23.2 Å². The van der Waals surface area contributed by atoms with Gasteiger partial charge in [-0.3, -0.25) is 4.79 Å². The SMILES string of the molecule is O=C(c1[nH]c2ccc(Cl)cc2c1Cl)N1CCC(Cc2cn[nH]n2)CC1. The van der Waals surface area contributed by atoms with Crippen molar-refractivity contribution in [3.8, 4) is 0 Å². The van der Waals surface area contributed by atoms with E-state index in [2.05, 4.69) is 20.4 Å². The van der Waals surface area contributed by atoms with Crippen LogP contribution in [0, 0.1) is 5.92 Å². The molecule has 25 heavy (non-hydrogen) atoms. The number of rotatable bonds is 3. The molecule has 8 heteroatoms. The molecular weight excluding hydrogens is 361 g/mol. The Morgan fingerprint density at radius 2 is 2.08 bits per heavy atom. The summed E-state index contributed by atoms with van der Waals surface area (Å²) >= 11 is 12.4. The molecule has 0 aliphatic carbocycles. The van der Waals surface area contributed by atoms with Gasteiger partial charge in [0.25, 0.3) is 5.91 Å². The van der Waals surface area contributed by atoms with Crippen molar-refractivity contribution in [3.63, 3.8) is 0 Å². The Morgan fingerprint density at radius 1 is 1.28 bits per heavy atom. The molecule has 3 aromatic rings. The van der Waals surface area contributed by atoms with Gasteiger partial charge in [0.1, 0.15) is 5.69 Å². The second-order valence-electron chi connectivity index (χ2n) is 6.40. The van der Waals surface area contributed by atoms with Crippen LogP contribution < -0.4 is 0 Å². The van der Waals surface area contributed by atoms with Gasteiger partial charge in [0.05, 0.1) is 16.9 Å². The molecule has 0 spiro atoms. The van der Waals surface area contributed by atoms with Crippen molar-refractivity contribution in [2.75, 3.05) is 13.1 Å². The van der Waals surface area contributed by atoms with Gasteiger partial charge < -0.3 is 9.88 Å². The first-order valence-electron chi connectivity index (χ1n) is 8.22. The number of carbonyl (C=O) groups excluding carboxylic acids is 1. The summed E-state index contributed by atoms with van der Waals surface area (Å²) in [6.45, 7) is 1.43. The van der Waals surface area contributed by atoms with Crippen molar-refractivity contribution in [3.05, 3.63) is 45.8 Å². The van der Waals surface area contributed by atoms with E-state index in [1.807, 2.05) is 11.0 Å². The van der Waals surface area contributed by atoms with Crippen LogP contribution in [0.1, 0.15) is 29.0 Å². The summed E-state index contributed by atoms with van der Waals surface area (Å²) in [6.07, 6.45) is 4.54. The number of fused-ring (bicyclic) bond motifs is 1. The lowest BCUT2D eigenvalue weighted by atomic mass is 9.92. The Morgan fingerprint density at radius 3 is 2.80 bits per heavy atom.